The number of rotatable bonds is 3. The first kappa shape index (κ1) is 15.4. The highest BCUT2D eigenvalue weighted by Crippen LogP contribution is 2.58. The molecule has 0 aromatic rings. The van der Waals surface area contributed by atoms with Crippen LogP contribution in [0.15, 0.2) is 0 Å². The number of alkyl halides is 6. The number of nitrogens with zero attached hydrogens (tertiary/aromatic N) is 1. The minimum atomic E-state index is -4.96. The summed E-state index contributed by atoms with van der Waals surface area (Å²) in [5.74, 6) is -2.04. The van der Waals surface area contributed by atoms with Gasteiger partial charge in [0, 0.05) is 25.7 Å². The number of carbonyl (C=O) groups excluding carboxylic acids is 1. The molecule has 1 N–H and O–H groups in total. The summed E-state index contributed by atoms with van der Waals surface area (Å²) in [6.45, 7) is 0.0924. The molecule has 2 fully saturated rings. The number of carbonyl (C=O) groups is 1. The van der Waals surface area contributed by atoms with Crippen molar-refractivity contribution in [2.75, 3.05) is 19.6 Å². The Labute approximate surface area is 111 Å². The van der Waals surface area contributed by atoms with Crippen molar-refractivity contribution in [3.8, 4) is 0 Å². The summed E-state index contributed by atoms with van der Waals surface area (Å²) in [6.07, 6.45) is -8.88. The number of hydrogen-bond acceptors (Lipinski definition) is 2. The molecule has 3 nitrogen and oxygen atoms in total. The highest BCUT2D eigenvalue weighted by atomic mass is 19.4. The fraction of sp³-hybridized carbons (Fsp3) is 0.909. The van der Waals surface area contributed by atoms with Crippen molar-refractivity contribution >= 4 is 5.91 Å². The average Bonchev–Trinajstić information content (AvgIpc) is 2.92. The van der Waals surface area contributed by atoms with Crippen molar-refractivity contribution in [2.24, 2.45) is 5.41 Å². The Morgan fingerprint density at radius 2 is 1.80 bits per heavy atom. The van der Waals surface area contributed by atoms with Crippen molar-refractivity contribution in [3.05, 3.63) is 0 Å². The lowest BCUT2D eigenvalue weighted by atomic mass is 10.1. The fourth-order valence-electron chi connectivity index (χ4n) is 2.47. The van der Waals surface area contributed by atoms with Crippen molar-refractivity contribution < 1.29 is 31.1 Å². The van der Waals surface area contributed by atoms with E-state index in [1.807, 2.05) is 0 Å². The highest BCUT2D eigenvalue weighted by molar-refractivity contribution is 5.81. The zero-order valence-corrected chi connectivity index (χ0v) is 10.4. The molecule has 1 amide bonds. The third-order valence-electron chi connectivity index (χ3n) is 3.85. The molecule has 9 heteroatoms. The Hall–Kier alpha value is -0.990. The van der Waals surface area contributed by atoms with Gasteiger partial charge in [-0.3, -0.25) is 4.79 Å². The third kappa shape index (κ3) is 3.18. The van der Waals surface area contributed by atoms with E-state index in [2.05, 4.69) is 0 Å². The van der Waals surface area contributed by atoms with Gasteiger partial charge in [0.25, 0.3) is 0 Å². The molecule has 0 radical (unpaired) electrons. The summed E-state index contributed by atoms with van der Waals surface area (Å²) >= 11 is 0. The van der Waals surface area contributed by atoms with Crippen LogP contribution in [0.4, 0.5) is 26.3 Å². The van der Waals surface area contributed by atoms with Crippen LogP contribution in [0, 0.1) is 5.41 Å². The van der Waals surface area contributed by atoms with Gasteiger partial charge in [-0.2, -0.15) is 26.3 Å². The predicted octanol–water partition coefficient (Wildman–Crippen LogP) is 2.08. The van der Waals surface area contributed by atoms with E-state index in [0.29, 0.717) is 0 Å². The molecule has 116 valence electrons. The second-order valence-corrected chi connectivity index (χ2v) is 5.47. The lowest BCUT2D eigenvalue weighted by Gasteiger charge is -2.25. The van der Waals surface area contributed by atoms with Gasteiger partial charge in [0.2, 0.25) is 0 Å². The minimum Gasteiger partial charge on any atom is -0.344 e. The number of halogens is 6. The molecule has 1 unspecified atom stereocenters. The lowest BCUT2D eigenvalue weighted by Crippen LogP contribution is -2.45. The number of hydrogen-bond donors (Lipinski definition) is 1. The molecule has 1 aliphatic heterocycles. The van der Waals surface area contributed by atoms with E-state index < -0.39 is 29.7 Å². The van der Waals surface area contributed by atoms with Gasteiger partial charge in [-0.25, -0.2) is 0 Å². The van der Waals surface area contributed by atoms with Gasteiger partial charge in [-0.15, -0.1) is 0 Å². The smallest absolute Gasteiger partial charge is 0.344 e. The number of nitrogens with one attached hydrogen (secondary N) is 1. The zero-order chi connectivity index (χ0) is 15.2. The third-order valence-corrected chi connectivity index (χ3v) is 3.85. The van der Waals surface area contributed by atoms with Crippen LogP contribution in [0.3, 0.4) is 0 Å². The highest BCUT2D eigenvalue weighted by Gasteiger charge is 2.63. The van der Waals surface area contributed by atoms with Gasteiger partial charge in [-0.05, 0) is 19.3 Å². The average molecular weight is 304 g/mol. The molecule has 0 bridgehead atoms. The van der Waals surface area contributed by atoms with Crippen LogP contribution in [0.1, 0.15) is 19.3 Å². The molecule has 1 saturated carbocycles. The van der Waals surface area contributed by atoms with Crippen LogP contribution in [-0.4, -0.2) is 48.8 Å². The fourth-order valence-corrected chi connectivity index (χ4v) is 2.47. The van der Waals surface area contributed by atoms with Crippen molar-refractivity contribution in [2.45, 2.75) is 37.7 Å². The van der Waals surface area contributed by atoms with Gasteiger partial charge >= 0.3 is 18.3 Å². The summed E-state index contributed by atoms with van der Waals surface area (Å²) in [6, 6.07) is -0.742. The maximum absolute atomic E-state index is 12.8. The van der Waals surface area contributed by atoms with Gasteiger partial charge in [0.05, 0.1) is 5.41 Å². The lowest BCUT2D eigenvalue weighted by molar-refractivity contribution is -0.191. The van der Waals surface area contributed by atoms with E-state index in [1.165, 1.54) is 4.90 Å². The molecular weight excluding hydrogens is 290 g/mol. The standard InChI is InChI=1S/C11H14F6N2O/c12-10(13,14)8(20)18-7-1-4-19(5-7)6-9(2-3-9)11(15,16)17/h7H,1-6H2,(H,18,20). The van der Waals surface area contributed by atoms with Crippen LogP contribution in [0.5, 0.6) is 0 Å². The molecule has 0 spiro atoms. The zero-order valence-electron chi connectivity index (χ0n) is 10.4. The summed E-state index contributed by atoms with van der Waals surface area (Å²) in [5, 5.41) is 1.81. The summed E-state index contributed by atoms with van der Waals surface area (Å²) < 4.78 is 74.5. The van der Waals surface area contributed by atoms with E-state index in [9.17, 15) is 31.1 Å². The Balaban J connectivity index is 1.83. The normalized spacial score (nSPS) is 26.6. The van der Waals surface area contributed by atoms with Crippen molar-refractivity contribution in [1.82, 2.24) is 10.2 Å². The molecule has 0 aromatic carbocycles. The second-order valence-electron chi connectivity index (χ2n) is 5.47. The van der Waals surface area contributed by atoms with Gasteiger partial charge in [0.15, 0.2) is 0 Å². The molecule has 1 atom stereocenters. The minimum absolute atomic E-state index is 0.0274. The SMILES string of the molecule is O=C(NC1CCN(CC2(C(F)(F)F)CC2)C1)C(F)(F)F. The largest absolute Gasteiger partial charge is 0.471 e. The van der Waals surface area contributed by atoms with E-state index in [-0.39, 0.29) is 38.9 Å². The summed E-state index contributed by atoms with van der Waals surface area (Å²) in [7, 11) is 0. The predicted molar refractivity (Wildman–Crippen MR) is 56.8 cm³/mol. The molecule has 1 saturated heterocycles. The summed E-state index contributed by atoms with van der Waals surface area (Å²) in [4.78, 5) is 12.2. The maximum Gasteiger partial charge on any atom is 0.471 e. The first-order valence-electron chi connectivity index (χ1n) is 6.20. The van der Waals surface area contributed by atoms with Crippen molar-refractivity contribution in [3.63, 3.8) is 0 Å². The number of likely N-dealkylation sites (tertiary alicyclic amines) is 1. The molecule has 20 heavy (non-hydrogen) atoms. The molecule has 2 aliphatic rings. The van der Waals surface area contributed by atoms with Crippen LogP contribution in [0.2, 0.25) is 0 Å². The first-order chi connectivity index (χ1) is 9.03. The van der Waals surface area contributed by atoms with Crippen LogP contribution in [0.25, 0.3) is 0 Å². The van der Waals surface area contributed by atoms with Crippen molar-refractivity contribution in [1.29, 1.82) is 0 Å². The Bertz CT molecular complexity index is 387. The Kier molecular flexibility index (Phi) is 3.68. The number of amides is 1. The quantitative estimate of drug-likeness (QED) is 0.810. The van der Waals surface area contributed by atoms with E-state index in [1.54, 1.807) is 5.32 Å². The van der Waals surface area contributed by atoms with Gasteiger partial charge in [-0.1, -0.05) is 0 Å². The van der Waals surface area contributed by atoms with Crippen LogP contribution < -0.4 is 5.32 Å². The van der Waals surface area contributed by atoms with Crippen LogP contribution >= 0.6 is 0 Å². The maximum atomic E-state index is 12.8. The van der Waals surface area contributed by atoms with Gasteiger partial charge < -0.3 is 10.2 Å². The summed E-state index contributed by atoms with van der Waals surface area (Å²) in [5.41, 5.74) is -1.70. The second kappa shape index (κ2) is 4.78. The molecule has 2 rings (SSSR count). The monoisotopic (exact) mass is 304 g/mol. The van der Waals surface area contributed by atoms with Crippen LogP contribution in [-0.2, 0) is 4.79 Å². The van der Waals surface area contributed by atoms with E-state index in [4.69, 9.17) is 0 Å². The first-order valence-corrected chi connectivity index (χ1v) is 6.20. The molecule has 1 heterocycles. The van der Waals surface area contributed by atoms with Gasteiger partial charge in [0.1, 0.15) is 0 Å². The molecular formula is C11H14F6N2O. The topological polar surface area (TPSA) is 32.3 Å². The molecule has 1 aliphatic carbocycles. The van der Waals surface area contributed by atoms with E-state index in [0.717, 1.165) is 0 Å². The Morgan fingerprint density at radius 1 is 1.20 bits per heavy atom. The molecule has 0 aromatic heterocycles. The Morgan fingerprint density at radius 3 is 2.25 bits per heavy atom. The van der Waals surface area contributed by atoms with E-state index >= 15 is 0 Å².